The third-order valence-electron chi connectivity index (χ3n) is 4.47. The summed E-state index contributed by atoms with van der Waals surface area (Å²) in [6.45, 7) is 4.62. The largest absolute Gasteiger partial charge is 0.508 e. The molecular formula is C16H25NO. The molecule has 0 bridgehead atoms. The standard InChI is InChI=1S/C16H25NO/c1-12-5-4-6-15(11-12)17(3)13(2)14-7-9-16(18)10-8-14/h7-10,12-13,15,18H,4-6,11H2,1-3H3. The van der Waals surface area contributed by atoms with Gasteiger partial charge in [0.1, 0.15) is 5.75 Å². The molecule has 1 aromatic rings. The van der Waals surface area contributed by atoms with E-state index in [9.17, 15) is 5.11 Å². The summed E-state index contributed by atoms with van der Waals surface area (Å²) in [5.74, 6) is 1.21. The van der Waals surface area contributed by atoms with Gasteiger partial charge in [-0.25, -0.2) is 0 Å². The van der Waals surface area contributed by atoms with Crippen molar-refractivity contribution < 1.29 is 5.11 Å². The lowest BCUT2D eigenvalue weighted by Crippen LogP contribution is -2.37. The summed E-state index contributed by atoms with van der Waals surface area (Å²) in [6, 6.07) is 8.75. The van der Waals surface area contributed by atoms with Gasteiger partial charge in [0, 0.05) is 12.1 Å². The smallest absolute Gasteiger partial charge is 0.115 e. The molecule has 1 aromatic carbocycles. The SMILES string of the molecule is CC1CCCC(N(C)C(C)c2ccc(O)cc2)C1. The van der Waals surface area contributed by atoms with Crippen molar-refractivity contribution in [3.63, 3.8) is 0 Å². The molecule has 0 saturated heterocycles. The van der Waals surface area contributed by atoms with Crippen LogP contribution in [0.1, 0.15) is 51.1 Å². The highest BCUT2D eigenvalue weighted by molar-refractivity contribution is 5.27. The second kappa shape index (κ2) is 5.75. The minimum atomic E-state index is 0.347. The quantitative estimate of drug-likeness (QED) is 0.873. The number of benzene rings is 1. The molecule has 0 spiro atoms. The van der Waals surface area contributed by atoms with Crippen LogP contribution in [0, 0.1) is 5.92 Å². The van der Waals surface area contributed by atoms with Crippen molar-refractivity contribution in [2.24, 2.45) is 5.92 Å². The Labute approximate surface area is 111 Å². The Morgan fingerprint density at radius 2 is 1.89 bits per heavy atom. The minimum absolute atomic E-state index is 0.347. The van der Waals surface area contributed by atoms with Crippen LogP contribution < -0.4 is 0 Å². The molecule has 2 rings (SSSR count). The van der Waals surface area contributed by atoms with Gasteiger partial charge in [-0.1, -0.05) is 31.9 Å². The molecule has 0 aromatic heterocycles. The number of phenolic OH excluding ortho intramolecular Hbond substituents is 1. The van der Waals surface area contributed by atoms with E-state index in [4.69, 9.17) is 0 Å². The van der Waals surface area contributed by atoms with E-state index < -0.39 is 0 Å². The van der Waals surface area contributed by atoms with Crippen molar-refractivity contribution >= 4 is 0 Å². The molecule has 1 aliphatic rings. The van der Waals surface area contributed by atoms with E-state index in [1.54, 1.807) is 12.1 Å². The summed E-state index contributed by atoms with van der Waals surface area (Å²) in [6.07, 6.45) is 5.39. The topological polar surface area (TPSA) is 23.5 Å². The van der Waals surface area contributed by atoms with Gasteiger partial charge in [-0.05, 0) is 50.4 Å². The van der Waals surface area contributed by atoms with Crippen LogP contribution in [0.25, 0.3) is 0 Å². The van der Waals surface area contributed by atoms with Crippen LogP contribution >= 0.6 is 0 Å². The third kappa shape index (κ3) is 3.05. The van der Waals surface area contributed by atoms with Gasteiger partial charge < -0.3 is 5.11 Å². The molecule has 1 aliphatic carbocycles. The first-order valence-electron chi connectivity index (χ1n) is 7.08. The summed E-state index contributed by atoms with van der Waals surface area (Å²) in [4.78, 5) is 2.50. The summed E-state index contributed by atoms with van der Waals surface area (Å²) in [5, 5.41) is 9.35. The predicted molar refractivity (Wildman–Crippen MR) is 75.7 cm³/mol. The normalized spacial score (nSPS) is 26.2. The average molecular weight is 247 g/mol. The van der Waals surface area contributed by atoms with Crippen LogP contribution in [0.2, 0.25) is 0 Å². The van der Waals surface area contributed by atoms with Crippen molar-refractivity contribution in [3.05, 3.63) is 29.8 Å². The lowest BCUT2D eigenvalue weighted by Gasteiger charge is -2.38. The monoisotopic (exact) mass is 247 g/mol. The first kappa shape index (κ1) is 13.4. The van der Waals surface area contributed by atoms with Crippen molar-refractivity contribution in [2.45, 2.75) is 51.6 Å². The number of aromatic hydroxyl groups is 1. The molecule has 1 saturated carbocycles. The first-order chi connectivity index (χ1) is 8.58. The lowest BCUT2D eigenvalue weighted by atomic mass is 9.85. The fourth-order valence-electron chi connectivity index (χ4n) is 3.08. The van der Waals surface area contributed by atoms with Crippen LogP contribution in [0.3, 0.4) is 0 Å². The summed E-state index contributed by atoms with van der Waals surface area (Å²) >= 11 is 0. The highest BCUT2D eigenvalue weighted by Gasteiger charge is 2.25. The predicted octanol–water partition coefficient (Wildman–Crippen LogP) is 3.96. The second-order valence-electron chi connectivity index (χ2n) is 5.86. The van der Waals surface area contributed by atoms with E-state index >= 15 is 0 Å². The Morgan fingerprint density at radius 1 is 1.22 bits per heavy atom. The minimum Gasteiger partial charge on any atom is -0.508 e. The van der Waals surface area contributed by atoms with Gasteiger partial charge >= 0.3 is 0 Å². The lowest BCUT2D eigenvalue weighted by molar-refractivity contribution is 0.126. The fourth-order valence-corrected chi connectivity index (χ4v) is 3.08. The maximum Gasteiger partial charge on any atom is 0.115 e. The number of hydrogen-bond acceptors (Lipinski definition) is 2. The third-order valence-corrected chi connectivity index (χ3v) is 4.47. The number of rotatable bonds is 3. The van der Waals surface area contributed by atoms with Gasteiger partial charge in [0.25, 0.3) is 0 Å². The average Bonchev–Trinajstić information content (AvgIpc) is 2.38. The van der Waals surface area contributed by atoms with Gasteiger partial charge in [-0.15, -0.1) is 0 Å². The molecule has 0 heterocycles. The molecule has 0 amide bonds. The zero-order chi connectivity index (χ0) is 13.1. The molecule has 18 heavy (non-hydrogen) atoms. The molecule has 1 N–H and O–H groups in total. The van der Waals surface area contributed by atoms with Crippen LogP contribution in [0.4, 0.5) is 0 Å². The van der Waals surface area contributed by atoms with Gasteiger partial charge in [-0.2, -0.15) is 0 Å². The number of hydrogen-bond donors (Lipinski definition) is 1. The highest BCUT2D eigenvalue weighted by atomic mass is 16.3. The van der Waals surface area contributed by atoms with E-state index in [2.05, 4.69) is 25.8 Å². The fraction of sp³-hybridized carbons (Fsp3) is 0.625. The van der Waals surface area contributed by atoms with Gasteiger partial charge in [-0.3, -0.25) is 4.90 Å². The summed E-state index contributed by atoms with van der Waals surface area (Å²) in [5.41, 5.74) is 1.29. The molecule has 2 nitrogen and oxygen atoms in total. The molecule has 3 unspecified atom stereocenters. The number of nitrogens with zero attached hydrogens (tertiary/aromatic N) is 1. The maximum atomic E-state index is 9.35. The Balaban J connectivity index is 2.03. The Bertz CT molecular complexity index is 373. The van der Waals surface area contributed by atoms with Crippen LogP contribution in [0.15, 0.2) is 24.3 Å². The van der Waals surface area contributed by atoms with Gasteiger partial charge in [0.05, 0.1) is 0 Å². The van der Waals surface area contributed by atoms with Crippen LogP contribution in [-0.4, -0.2) is 23.1 Å². The molecule has 100 valence electrons. The molecule has 1 fully saturated rings. The molecule has 2 heteroatoms. The van der Waals surface area contributed by atoms with Crippen molar-refractivity contribution in [2.75, 3.05) is 7.05 Å². The van der Waals surface area contributed by atoms with E-state index in [1.165, 1.54) is 31.2 Å². The van der Waals surface area contributed by atoms with Crippen LogP contribution in [-0.2, 0) is 0 Å². The van der Waals surface area contributed by atoms with Gasteiger partial charge in [0.15, 0.2) is 0 Å². The highest BCUT2D eigenvalue weighted by Crippen LogP contribution is 2.31. The summed E-state index contributed by atoms with van der Waals surface area (Å²) < 4.78 is 0. The van der Waals surface area contributed by atoms with Gasteiger partial charge in [0.2, 0.25) is 0 Å². The second-order valence-corrected chi connectivity index (χ2v) is 5.86. The number of phenols is 1. The van der Waals surface area contributed by atoms with E-state index in [0.717, 1.165) is 5.92 Å². The van der Waals surface area contributed by atoms with E-state index in [-0.39, 0.29) is 0 Å². The molecular weight excluding hydrogens is 222 g/mol. The van der Waals surface area contributed by atoms with Crippen molar-refractivity contribution in [1.82, 2.24) is 4.90 Å². The Morgan fingerprint density at radius 3 is 2.50 bits per heavy atom. The van der Waals surface area contributed by atoms with E-state index in [1.807, 2.05) is 12.1 Å². The zero-order valence-corrected chi connectivity index (χ0v) is 11.8. The van der Waals surface area contributed by atoms with Crippen molar-refractivity contribution in [1.29, 1.82) is 0 Å². The summed E-state index contributed by atoms with van der Waals surface area (Å²) in [7, 11) is 2.24. The van der Waals surface area contributed by atoms with Crippen LogP contribution in [0.5, 0.6) is 5.75 Å². The molecule has 3 atom stereocenters. The first-order valence-corrected chi connectivity index (χ1v) is 7.08. The molecule has 0 aliphatic heterocycles. The van der Waals surface area contributed by atoms with E-state index in [0.29, 0.717) is 17.8 Å². The Hall–Kier alpha value is -1.02. The Kier molecular flexibility index (Phi) is 4.28. The zero-order valence-electron chi connectivity index (χ0n) is 11.8. The van der Waals surface area contributed by atoms with Crippen molar-refractivity contribution in [3.8, 4) is 5.75 Å². The molecule has 0 radical (unpaired) electrons. The maximum absolute atomic E-state index is 9.35.